The first kappa shape index (κ1) is 13.7. The van der Waals surface area contributed by atoms with Gasteiger partial charge in [0, 0.05) is 0 Å². The van der Waals surface area contributed by atoms with E-state index in [1.807, 2.05) is 0 Å². The number of carbonyl (C=O) groups excluding carboxylic acids is 1. The molecule has 0 aromatic heterocycles. The number of hydrogen-bond acceptors (Lipinski definition) is 5. The van der Waals surface area contributed by atoms with Crippen LogP contribution in [0.25, 0.3) is 0 Å². The van der Waals surface area contributed by atoms with Crippen LogP contribution >= 0.6 is 0 Å². The van der Waals surface area contributed by atoms with Gasteiger partial charge in [-0.2, -0.15) is 13.2 Å². The largest absolute Gasteiger partial charge is 0.461 e. The van der Waals surface area contributed by atoms with Crippen LogP contribution in [-0.2, 0) is 14.4 Å². The van der Waals surface area contributed by atoms with Gasteiger partial charge < -0.3 is 14.7 Å². The lowest BCUT2D eigenvalue weighted by Crippen LogP contribution is -2.41. The summed E-state index contributed by atoms with van der Waals surface area (Å²) in [7, 11) is 0.947. The van der Waals surface area contributed by atoms with Crippen molar-refractivity contribution in [1.29, 1.82) is 0 Å². The first-order valence-corrected chi connectivity index (χ1v) is 3.87. The number of aliphatic hydroxyl groups excluding tert-OH is 1. The Morgan fingerprint density at radius 3 is 2.40 bits per heavy atom. The zero-order valence-corrected chi connectivity index (χ0v) is 8.04. The lowest BCUT2D eigenvalue weighted by molar-refractivity contribution is -0.184. The number of alkyl halides is 3. The molecule has 5 nitrogen and oxygen atoms in total. The van der Waals surface area contributed by atoms with Gasteiger partial charge in [0.25, 0.3) is 0 Å². The second kappa shape index (κ2) is 5.54. The minimum atomic E-state index is -5.00. The fraction of sp³-hybridized carbons (Fsp3) is 0.714. The summed E-state index contributed by atoms with van der Waals surface area (Å²) in [6, 6.07) is 0. The Hall–Kier alpha value is -1.31. The summed E-state index contributed by atoms with van der Waals surface area (Å²) >= 11 is 0. The van der Waals surface area contributed by atoms with E-state index in [1.165, 1.54) is 6.92 Å². The molecule has 1 N–H and O–H groups in total. The monoisotopic (exact) mass is 229 g/mol. The summed E-state index contributed by atoms with van der Waals surface area (Å²) in [5, 5.41) is 11.5. The van der Waals surface area contributed by atoms with Crippen LogP contribution in [0.1, 0.15) is 6.92 Å². The molecular formula is C7H10F3NO4. The highest BCUT2D eigenvalue weighted by molar-refractivity contribution is 6.38. The van der Waals surface area contributed by atoms with E-state index >= 15 is 0 Å². The Kier molecular flexibility index (Phi) is 5.06. The molecule has 0 heterocycles. The van der Waals surface area contributed by atoms with Gasteiger partial charge in [-0.15, -0.1) is 0 Å². The normalized spacial score (nSPS) is 14.7. The second-order valence-electron chi connectivity index (χ2n) is 2.32. The average molecular weight is 229 g/mol. The maximum atomic E-state index is 12.0. The minimum absolute atomic E-state index is 0.133. The van der Waals surface area contributed by atoms with Crippen molar-refractivity contribution in [3.63, 3.8) is 0 Å². The van der Waals surface area contributed by atoms with E-state index in [-0.39, 0.29) is 6.61 Å². The number of rotatable bonds is 4. The molecule has 0 bridgehead atoms. The topological polar surface area (TPSA) is 68.1 Å². The highest BCUT2D eigenvalue weighted by atomic mass is 19.4. The van der Waals surface area contributed by atoms with Crippen LogP contribution in [0.5, 0.6) is 0 Å². The van der Waals surface area contributed by atoms with Gasteiger partial charge in [0.2, 0.25) is 11.8 Å². The van der Waals surface area contributed by atoms with Crippen molar-refractivity contribution < 1.29 is 32.6 Å². The van der Waals surface area contributed by atoms with Crippen molar-refractivity contribution in [3.8, 4) is 0 Å². The van der Waals surface area contributed by atoms with Crippen molar-refractivity contribution in [2.24, 2.45) is 5.16 Å². The summed E-state index contributed by atoms with van der Waals surface area (Å²) in [5.74, 6) is -1.37. The fourth-order valence-electron chi connectivity index (χ4n) is 0.657. The van der Waals surface area contributed by atoms with Crippen molar-refractivity contribution in [2.45, 2.75) is 19.2 Å². The van der Waals surface area contributed by atoms with Crippen molar-refractivity contribution in [1.82, 2.24) is 0 Å². The van der Waals surface area contributed by atoms with Gasteiger partial charge in [0.05, 0.1) is 6.61 Å². The van der Waals surface area contributed by atoms with E-state index in [0.29, 0.717) is 0 Å². The van der Waals surface area contributed by atoms with Gasteiger partial charge in [-0.1, -0.05) is 5.16 Å². The zero-order chi connectivity index (χ0) is 12.1. The molecule has 0 spiro atoms. The summed E-state index contributed by atoms with van der Waals surface area (Å²) < 4.78 is 40.4. The molecule has 0 radical (unpaired) electrons. The summed E-state index contributed by atoms with van der Waals surface area (Å²) in [6.07, 6.45) is -8.01. The quantitative estimate of drug-likeness (QED) is 0.432. The molecule has 0 aliphatic heterocycles. The average Bonchev–Trinajstić information content (AvgIpc) is 2.12. The molecule has 0 saturated heterocycles. The molecule has 0 aromatic rings. The van der Waals surface area contributed by atoms with Gasteiger partial charge in [-0.25, -0.2) is 4.79 Å². The van der Waals surface area contributed by atoms with E-state index < -0.39 is 24.0 Å². The van der Waals surface area contributed by atoms with Crippen molar-refractivity contribution in [3.05, 3.63) is 0 Å². The van der Waals surface area contributed by atoms with E-state index in [2.05, 4.69) is 14.7 Å². The molecule has 0 amide bonds. The number of halogens is 3. The number of esters is 1. The highest BCUT2D eigenvalue weighted by Crippen LogP contribution is 2.21. The van der Waals surface area contributed by atoms with E-state index in [1.54, 1.807) is 0 Å². The summed E-state index contributed by atoms with van der Waals surface area (Å²) in [5.41, 5.74) is -1.23. The van der Waals surface area contributed by atoms with Gasteiger partial charge in [-0.05, 0) is 6.92 Å². The molecule has 0 fully saturated rings. The number of carbonyl (C=O) groups is 1. The molecule has 0 aromatic carbocycles. The smallest absolute Gasteiger partial charge is 0.420 e. The SMILES string of the molecule is CCOC(=O)/C(=N/OC)[C@@H](O)C(F)(F)F. The van der Waals surface area contributed by atoms with Crippen LogP contribution in [0.15, 0.2) is 5.16 Å². The number of ether oxygens (including phenoxy) is 1. The molecule has 1 atom stereocenters. The standard InChI is InChI=1S/C7H10F3NO4/c1-3-15-6(13)4(11-14-2)5(12)7(8,9)10/h5,12H,3H2,1-2H3/b11-4+/t5-/m1/s1. The molecule has 0 rings (SSSR count). The molecule has 88 valence electrons. The van der Waals surface area contributed by atoms with E-state index in [4.69, 9.17) is 5.11 Å². The Balaban J connectivity index is 4.83. The maximum Gasteiger partial charge on any atom is 0.420 e. The Bertz CT molecular complexity index is 251. The number of hydrogen-bond donors (Lipinski definition) is 1. The summed E-state index contributed by atoms with van der Waals surface area (Å²) in [4.78, 5) is 14.9. The first-order chi connectivity index (χ1) is 6.84. The van der Waals surface area contributed by atoms with Gasteiger partial charge in [0.1, 0.15) is 7.11 Å². The molecule has 0 aliphatic carbocycles. The zero-order valence-electron chi connectivity index (χ0n) is 8.04. The highest BCUT2D eigenvalue weighted by Gasteiger charge is 2.45. The maximum absolute atomic E-state index is 12.0. The van der Waals surface area contributed by atoms with Gasteiger partial charge in [-0.3, -0.25) is 0 Å². The van der Waals surface area contributed by atoms with Gasteiger partial charge >= 0.3 is 12.1 Å². The third-order valence-corrected chi connectivity index (χ3v) is 1.24. The van der Waals surface area contributed by atoms with Crippen LogP contribution in [0.3, 0.4) is 0 Å². The minimum Gasteiger partial charge on any atom is -0.461 e. The summed E-state index contributed by atoms with van der Waals surface area (Å²) in [6.45, 7) is 1.27. The molecule has 0 unspecified atom stereocenters. The number of aliphatic hydroxyl groups is 1. The van der Waals surface area contributed by atoms with Crippen molar-refractivity contribution >= 4 is 11.7 Å². The van der Waals surface area contributed by atoms with Gasteiger partial charge in [0.15, 0.2) is 0 Å². The van der Waals surface area contributed by atoms with Crippen LogP contribution < -0.4 is 0 Å². The third-order valence-electron chi connectivity index (χ3n) is 1.24. The van der Waals surface area contributed by atoms with E-state index in [0.717, 1.165) is 7.11 Å². The number of oxime groups is 1. The Morgan fingerprint density at radius 1 is 1.53 bits per heavy atom. The Labute approximate surface area is 83.5 Å². The van der Waals surface area contributed by atoms with Crippen LogP contribution in [0.4, 0.5) is 13.2 Å². The predicted molar refractivity (Wildman–Crippen MR) is 43.1 cm³/mol. The molecule has 8 heteroatoms. The predicted octanol–water partition coefficient (Wildman–Crippen LogP) is 0.475. The molecule has 15 heavy (non-hydrogen) atoms. The molecule has 0 aliphatic rings. The first-order valence-electron chi connectivity index (χ1n) is 3.87. The fourth-order valence-corrected chi connectivity index (χ4v) is 0.657. The van der Waals surface area contributed by atoms with Crippen LogP contribution in [0.2, 0.25) is 0 Å². The number of nitrogens with zero attached hydrogens (tertiary/aromatic N) is 1. The van der Waals surface area contributed by atoms with E-state index in [9.17, 15) is 18.0 Å². The lowest BCUT2D eigenvalue weighted by Gasteiger charge is -2.14. The molecule has 0 saturated carbocycles. The van der Waals surface area contributed by atoms with Crippen molar-refractivity contribution in [2.75, 3.05) is 13.7 Å². The van der Waals surface area contributed by atoms with Crippen LogP contribution in [0, 0.1) is 0 Å². The third kappa shape index (κ3) is 4.15. The Morgan fingerprint density at radius 2 is 2.07 bits per heavy atom. The molecular weight excluding hydrogens is 219 g/mol. The lowest BCUT2D eigenvalue weighted by atomic mass is 10.2. The van der Waals surface area contributed by atoms with Crippen LogP contribution in [-0.4, -0.2) is 42.8 Å². The second-order valence-corrected chi connectivity index (χ2v) is 2.32.